The molecule has 0 aromatic carbocycles. The minimum Gasteiger partial charge on any atom is -0.477 e. The van der Waals surface area contributed by atoms with E-state index < -0.39 is 5.97 Å². The predicted molar refractivity (Wildman–Crippen MR) is 65.5 cm³/mol. The molecule has 4 nitrogen and oxygen atoms in total. The van der Waals surface area contributed by atoms with E-state index in [9.17, 15) is 4.79 Å². The summed E-state index contributed by atoms with van der Waals surface area (Å²) in [6.07, 6.45) is 5.31. The number of carboxylic acid groups (broad SMARTS) is 1. The van der Waals surface area contributed by atoms with Gasteiger partial charge in [0.1, 0.15) is 5.69 Å². The van der Waals surface area contributed by atoms with Crippen LogP contribution < -0.4 is 0 Å². The number of ether oxygens (including phenoxy) is 1. The van der Waals surface area contributed by atoms with Gasteiger partial charge in [0.25, 0.3) is 0 Å². The standard InChI is InChI=1S/C12H15NO3S/c14-12(15)11-7-10(4-5-13-11)17-8-9-3-1-2-6-16-9/h4-5,7,9H,1-3,6,8H2,(H,14,15). The SMILES string of the molecule is O=C(O)c1cc(SCC2CCCCO2)ccn1. The maximum absolute atomic E-state index is 10.8. The van der Waals surface area contributed by atoms with Crippen molar-refractivity contribution in [1.29, 1.82) is 0 Å². The summed E-state index contributed by atoms with van der Waals surface area (Å²) in [6, 6.07) is 3.44. The molecule has 1 atom stereocenters. The van der Waals surface area contributed by atoms with Gasteiger partial charge >= 0.3 is 5.97 Å². The number of hydrogen-bond acceptors (Lipinski definition) is 4. The summed E-state index contributed by atoms with van der Waals surface area (Å²) in [4.78, 5) is 15.5. The van der Waals surface area contributed by atoms with Crippen molar-refractivity contribution in [3.63, 3.8) is 0 Å². The lowest BCUT2D eigenvalue weighted by atomic mass is 10.1. The zero-order valence-corrected chi connectivity index (χ0v) is 10.3. The van der Waals surface area contributed by atoms with Crippen LogP contribution in [0.5, 0.6) is 0 Å². The lowest BCUT2D eigenvalue weighted by molar-refractivity contribution is 0.0315. The van der Waals surface area contributed by atoms with Crippen LogP contribution in [0.3, 0.4) is 0 Å². The van der Waals surface area contributed by atoms with E-state index in [0.717, 1.165) is 30.1 Å². The maximum Gasteiger partial charge on any atom is 0.354 e. The van der Waals surface area contributed by atoms with Gasteiger partial charge in [-0.1, -0.05) is 0 Å². The fourth-order valence-corrected chi connectivity index (χ4v) is 2.74. The highest BCUT2D eigenvalue weighted by Gasteiger charge is 2.14. The monoisotopic (exact) mass is 253 g/mol. The Balaban J connectivity index is 1.89. The Morgan fingerprint density at radius 1 is 1.59 bits per heavy atom. The van der Waals surface area contributed by atoms with E-state index in [1.54, 1.807) is 17.8 Å². The molecule has 2 heterocycles. The van der Waals surface area contributed by atoms with Crippen molar-refractivity contribution in [2.75, 3.05) is 12.4 Å². The third-order valence-corrected chi connectivity index (χ3v) is 3.79. The van der Waals surface area contributed by atoms with Crippen molar-refractivity contribution in [2.45, 2.75) is 30.3 Å². The Morgan fingerprint density at radius 2 is 2.47 bits per heavy atom. The molecule has 1 unspecified atom stereocenters. The molecule has 0 spiro atoms. The summed E-state index contributed by atoms with van der Waals surface area (Å²) in [7, 11) is 0. The molecule has 17 heavy (non-hydrogen) atoms. The first-order valence-corrected chi connectivity index (χ1v) is 6.68. The third kappa shape index (κ3) is 3.71. The van der Waals surface area contributed by atoms with Crippen LogP contribution in [-0.2, 0) is 4.74 Å². The Hall–Kier alpha value is -1.07. The fraction of sp³-hybridized carbons (Fsp3) is 0.500. The number of aromatic nitrogens is 1. The maximum atomic E-state index is 10.8. The van der Waals surface area contributed by atoms with Crippen molar-refractivity contribution >= 4 is 17.7 Å². The average Bonchev–Trinajstić information content (AvgIpc) is 2.38. The van der Waals surface area contributed by atoms with Gasteiger partial charge in [0, 0.05) is 23.5 Å². The number of pyridine rings is 1. The summed E-state index contributed by atoms with van der Waals surface area (Å²) in [6.45, 7) is 0.849. The van der Waals surface area contributed by atoms with Gasteiger partial charge in [-0.15, -0.1) is 11.8 Å². The molecular formula is C12H15NO3S. The van der Waals surface area contributed by atoms with Crippen molar-refractivity contribution < 1.29 is 14.6 Å². The number of thioether (sulfide) groups is 1. The quantitative estimate of drug-likeness (QED) is 0.835. The number of aromatic carboxylic acids is 1. The molecular weight excluding hydrogens is 238 g/mol. The van der Waals surface area contributed by atoms with E-state index in [0.29, 0.717) is 6.10 Å². The van der Waals surface area contributed by atoms with Gasteiger partial charge in [-0.25, -0.2) is 9.78 Å². The van der Waals surface area contributed by atoms with Crippen LogP contribution in [0.15, 0.2) is 23.2 Å². The minimum atomic E-state index is -0.985. The van der Waals surface area contributed by atoms with Crippen LogP contribution in [-0.4, -0.2) is 34.5 Å². The summed E-state index contributed by atoms with van der Waals surface area (Å²) < 4.78 is 5.62. The molecule has 92 valence electrons. The zero-order chi connectivity index (χ0) is 12.1. The Kier molecular flexibility index (Phi) is 4.39. The summed E-state index contributed by atoms with van der Waals surface area (Å²) in [5.74, 6) is -0.107. The summed E-state index contributed by atoms with van der Waals surface area (Å²) in [5.41, 5.74) is 0.0968. The number of rotatable bonds is 4. The van der Waals surface area contributed by atoms with Crippen molar-refractivity contribution in [3.8, 4) is 0 Å². The largest absolute Gasteiger partial charge is 0.477 e. The smallest absolute Gasteiger partial charge is 0.354 e. The normalized spacial score (nSPS) is 20.1. The highest BCUT2D eigenvalue weighted by Crippen LogP contribution is 2.23. The lowest BCUT2D eigenvalue weighted by Crippen LogP contribution is -2.21. The minimum absolute atomic E-state index is 0.0968. The van der Waals surface area contributed by atoms with Crippen molar-refractivity contribution in [1.82, 2.24) is 4.98 Å². The molecule has 1 aliphatic heterocycles. The predicted octanol–water partition coefficient (Wildman–Crippen LogP) is 2.44. The van der Waals surface area contributed by atoms with Crippen LogP contribution >= 0.6 is 11.8 Å². The first-order valence-electron chi connectivity index (χ1n) is 5.69. The van der Waals surface area contributed by atoms with Gasteiger partial charge in [0.2, 0.25) is 0 Å². The van der Waals surface area contributed by atoms with Crippen LogP contribution in [0.4, 0.5) is 0 Å². The van der Waals surface area contributed by atoms with Crippen LogP contribution in [0, 0.1) is 0 Å². The molecule has 0 bridgehead atoms. The molecule has 1 aromatic heterocycles. The topological polar surface area (TPSA) is 59.4 Å². The molecule has 5 heteroatoms. The second-order valence-corrected chi connectivity index (χ2v) is 5.07. The molecule has 2 rings (SSSR count). The molecule has 0 amide bonds. The first-order chi connectivity index (χ1) is 8.25. The third-order valence-electron chi connectivity index (χ3n) is 2.66. The Morgan fingerprint density at radius 3 is 3.18 bits per heavy atom. The summed E-state index contributed by atoms with van der Waals surface area (Å²) in [5, 5.41) is 8.83. The molecule has 1 saturated heterocycles. The van der Waals surface area contributed by atoms with Gasteiger partial charge < -0.3 is 9.84 Å². The Bertz CT molecular complexity index is 391. The van der Waals surface area contributed by atoms with E-state index in [2.05, 4.69) is 4.98 Å². The van der Waals surface area contributed by atoms with Gasteiger partial charge in [-0.3, -0.25) is 0 Å². The fourth-order valence-electron chi connectivity index (χ4n) is 1.75. The van der Waals surface area contributed by atoms with Gasteiger partial charge in [-0.05, 0) is 31.4 Å². The lowest BCUT2D eigenvalue weighted by Gasteiger charge is -2.22. The number of carboxylic acids is 1. The number of carbonyl (C=O) groups is 1. The first kappa shape index (κ1) is 12.4. The molecule has 1 N–H and O–H groups in total. The molecule has 1 aromatic rings. The van der Waals surface area contributed by atoms with Gasteiger partial charge in [0.15, 0.2) is 0 Å². The number of hydrogen-bond donors (Lipinski definition) is 1. The second-order valence-electron chi connectivity index (χ2n) is 3.98. The molecule has 1 aliphatic rings. The van der Waals surface area contributed by atoms with Gasteiger partial charge in [0.05, 0.1) is 6.10 Å². The number of nitrogens with zero attached hydrogens (tertiary/aromatic N) is 1. The van der Waals surface area contributed by atoms with E-state index in [1.807, 2.05) is 6.07 Å². The van der Waals surface area contributed by atoms with Gasteiger partial charge in [-0.2, -0.15) is 0 Å². The van der Waals surface area contributed by atoms with Crippen LogP contribution in [0.1, 0.15) is 29.8 Å². The van der Waals surface area contributed by atoms with E-state index in [4.69, 9.17) is 9.84 Å². The summed E-state index contributed by atoms with van der Waals surface area (Å²) >= 11 is 1.63. The highest BCUT2D eigenvalue weighted by atomic mass is 32.2. The molecule has 0 radical (unpaired) electrons. The molecule has 0 saturated carbocycles. The average molecular weight is 253 g/mol. The van der Waals surface area contributed by atoms with Crippen molar-refractivity contribution in [2.24, 2.45) is 0 Å². The van der Waals surface area contributed by atoms with Crippen LogP contribution in [0.25, 0.3) is 0 Å². The van der Waals surface area contributed by atoms with E-state index in [-0.39, 0.29) is 5.69 Å². The van der Waals surface area contributed by atoms with Crippen molar-refractivity contribution in [3.05, 3.63) is 24.0 Å². The second kappa shape index (κ2) is 6.02. The van der Waals surface area contributed by atoms with E-state index in [1.165, 1.54) is 12.6 Å². The Labute approximate surface area is 104 Å². The highest BCUT2D eigenvalue weighted by molar-refractivity contribution is 7.99. The van der Waals surface area contributed by atoms with Crippen LogP contribution in [0.2, 0.25) is 0 Å². The molecule has 0 aliphatic carbocycles. The zero-order valence-electron chi connectivity index (χ0n) is 9.46. The van der Waals surface area contributed by atoms with E-state index >= 15 is 0 Å². The molecule has 1 fully saturated rings.